The molecule has 0 aliphatic rings. The van der Waals surface area contributed by atoms with E-state index in [0.29, 0.717) is 33.9 Å². The standard InChI is InChI=1S/C13H14BrClFN3O/c1-20-6-5-19-13(9(15)7-18-19)12(17)8-3-2-4-10(16)11(8)14/h2-4,7,12H,5-6,17H2,1H3. The summed E-state index contributed by atoms with van der Waals surface area (Å²) in [6, 6.07) is 4.15. The maximum atomic E-state index is 13.6. The maximum Gasteiger partial charge on any atom is 0.137 e. The number of aromatic nitrogens is 2. The lowest BCUT2D eigenvalue weighted by Gasteiger charge is -2.17. The monoisotopic (exact) mass is 361 g/mol. The zero-order valence-corrected chi connectivity index (χ0v) is 13.2. The van der Waals surface area contributed by atoms with Gasteiger partial charge in [0.2, 0.25) is 0 Å². The van der Waals surface area contributed by atoms with Crippen molar-refractivity contribution < 1.29 is 9.13 Å². The van der Waals surface area contributed by atoms with Crippen molar-refractivity contribution in [2.45, 2.75) is 12.6 Å². The van der Waals surface area contributed by atoms with Crippen molar-refractivity contribution >= 4 is 27.5 Å². The fraction of sp³-hybridized carbons (Fsp3) is 0.308. The van der Waals surface area contributed by atoms with Gasteiger partial charge in [-0.1, -0.05) is 23.7 Å². The van der Waals surface area contributed by atoms with E-state index in [1.54, 1.807) is 23.9 Å². The van der Waals surface area contributed by atoms with Crippen molar-refractivity contribution in [1.29, 1.82) is 0 Å². The summed E-state index contributed by atoms with van der Waals surface area (Å²) in [5, 5.41) is 4.62. The molecule has 4 nitrogen and oxygen atoms in total. The molecule has 1 heterocycles. The maximum absolute atomic E-state index is 13.6. The average molecular weight is 363 g/mol. The largest absolute Gasteiger partial charge is 0.383 e. The summed E-state index contributed by atoms with van der Waals surface area (Å²) in [5.41, 5.74) is 7.47. The van der Waals surface area contributed by atoms with Gasteiger partial charge < -0.3 is 10.5 Å². The molecule has 0 fully saturated rings. The molecule has 0 radical (unpaired) electrons. The molecule has 0 saturated heterocycles. The fourth-order valence-corrected chi connectivity index (χ4v) is 2.71. The number of nitrogens with two attached hydrogens (primary N) is 1. The molecular formula is C13H14BrClFN3O. The summed E-state index contributed by atoms with van der Waals surface area (Å²) in [5.74, 6) is -0.364. The molecule has 2 aromatic rings. The Kier molecular flexibility index (Phi) is 5.15. The molecule has 2 N–H and O–H groups in total. The Morgan fingerprint density at radius 2 is 2.30 bits per heavy atom. The third-order valence-corrected chi connectivity index (χ3v) is 4.08. The van der Waals surface area contributed by atoms with E-state index in [-0.39, 0.29) is 5.82 Å². The highest BCUT2D eigenvalue weighted by Gasteiger charge is 2.21. The fourth-order valence-electron chi connectivity index (χ4n) is 1.95. The highest BCUT2D eigenvalue weighted by atomic mass is 79.9. The van der Waals surface area contributed by atoms with Crippen molar-refractivity contribution in [2.75, 3.05) is 13.7 Å². The van der Waals surface area contributed by atoms with Gasteiger partial charge in [0.1, 0.15) is 5.82 Å². The first-order valence-corrected chi connectivity index (χ1v) is 7.13. The van der Waals surface area contributed by atoms with E-state index in [2.05, 4.69) is 21.0 Å². The minimum atomic E-state index is -0.577. The highest BCUT2D eigenvalue weighted by Crippen LogP contribution is 2.32. The molecule has 0 spiro atoms. The average Bonchev–Trinajstić information content (AvgIpc) is 2.80. The van der Waals surface area contributed by atoms with Crippen LogP contribution in [0.1, 0.15) is 17.3 Å². The molecule has 0 amide bonds. The second-order valence-corrected chi connectivity index (χ2v) is 5.41. The van der Waals surface area contributed by atoms with Crippen LogP contribution < -0.4 is 5.73 Å². The number of hydrogen-bond donors (Lipinski definition) is 1. The number of nitrogens with zero attached hydrogens (tertiary/aromatic N) is 2. The lowest BCUT2D eigenvalue weighted by atomic mass is 10.0. The first kappa shape index (κ1) is 15.4. The third kappa shape index (κ3) is 3.03. The van der Waals surface area contributed by atoms with Crippen LogP contribution in [-0.4, -0.2) is 23.5 Å². The normalized spacial score (nSPS) is 12.7. The zero-order valence-electron chi connectivity index (χ0n) is 10.8. The summed E-state index contributed by atoms with van der Waals surface area (Å²) >= 11 is 9.36. The third-order valence-electron chi connectivity index (χ3n) is 2.95. The van der Waals surface area contributed by atoms with Crippen LogP contribution in [-0.2, 0) is 11.3 Å². The first-order chi connectivity index (χ1) is 9.56. The number of hydrogen-bond acceptors (Lipinski definition) is 3. The van der Waals surface area contributed by atoms with E-state index in [4.69, 9.17) is 22.1 Å². The summed E-state index contributed by atoms with van der Waals surface area (Å²) < 4.78 is 20.6. The van der Waals surface area contributed by atoms with Gasteiger partial charge in [0.25, 0.3) is 0 Å². The number of rotatable bonds is 5. The van der Waals surface area contributed by atoms with Gasteiger partial charge in [-0.3, -0.25) is 4.68 Å². The molecule has 1 atom stereocenters. The molecule has 2 rings (SSSR count). The van der Waals surface area contributed by atoms with Gasteiger partial charge in [0.05, 0.1) is 40.6 Å². The van der Waals surface area contributed by atoms with Crippen LogP contribution in [0, 0.1) is 5.82 Å². The van der Waals surface area contributed by atoms with E-state index in [1.165, 1.54) is 12.3 Å². The molecule has 0 aliphatic heterocycles. The van der Waals surface area contributed by atoms with Crippen LogP contribution in [0.25, 0.3) is 0 Å². The molecular weight excluding hydrogens is 349 g/mol. The molecule has 1 aromatic heterocycles. The van der Waals surface area contributed by atoms with Crippen LogP contribution in [0.4, 0.5) is 4.39 Å². The van der Waals surface area contributed by atoms with E-state index < -0.39 is 6.04 Å². The number of halogens is 3. The quantitative estimate of drug-likeness (QED) is 0.889. The minimum Gasteiger partial charge on any atom is -0.383 e. The summed E-state index contributed by atoms with van der Waals surface area (Å²) in [6.45, 7) is 1.02. The summed E-state index contributed by atoms with van der Waals surface area (Å²) in [7, 11) is 1.61. The molecule has 0 aliphatic carbocycles. The van der Waals surface area contributed by atoms with Crippen molar-refractivity contribution in [3.63, 3.8) is 0 Å². The van der Waals surface area contributed by atoms with E-state index in [0.717, 1.165) is 0 Å². The Hall–Kier alpha value is -0.950. The van der Waals surface area contributed by atoms with E-state index >= 15 is 0 Å². The molecule has 0 bridgehead atoms. The topological polar surface area (TPSA) is 53.1 Å². The van der Waals surface area contributed by atoms with Gasteiger partial charge in [-0.2, -0.15) is 5.10 Å². The smallest absolute Gasteiger partial charge is 0.137 e. The van der Waals surface area contributed by atoms with Gasteiger partial charge in [-0.25, -0.2) is 4.39 Å². The van der Waals surface area contributed by atoms with Crippen LogP contribution >= 0.6 is 27.5 Å². The Bertz CT molecular complexity index is 605. The summed E-state index contributed by atoms with van der Waals surface area (Å²) in [4.78, 5) is 0. The van der Waals surface area contributed by atoms with Crippen molar-refractivity contribution in [3.8, 4) is 0 Å². The number of methoxy groups -OCH3 is 1. The van der Waals surface area contributed by atoms with E-state index in [9.17, 15) is 4.39 Å². The van der Waals surface area contributed by atoms with Crippen LogP contribution in [0.5, 0.6) is 0 Å². The second-order valence-electron chi connectivity index (χ2n) is 4.21. The number of ether oxygens (including phenoxy) is 1. The molecule has 1 unspecified atom stereocenters. The Balaban J connectivity index is 2.40. The predicted octanol–water partition coefficient (Wildman–Crippen LogP) is 3.13. The molecule has 20 heavy (non-hydrogen) atoms. The molecule has 7 heteroatoms. The van der Waals surface area contributed by atoms with Crippen molar-refractivity contribution in [1.82, 2.24) is 9.78 Å². The van der Waals surface area contributed by atoms with Crippen LogP contribution in [0.3, 0.4) is 0 Å². The van der Waals surface area contributed by atoms with Gasteiger partial charge in [-0.05, 0) is 27.6 Å². The molecule has 108 valence electrons. The van der Waals surface area contributed by atoms with Crippen LogP contribution in [0.2, 0.25) is 5.02 Å². The number of benzene rings is 1. The van der Waals surface area contributed by atoms with Gasteiger partial charge in [-0.15, -0.1) is 0 Å². The first-order valence-electron chi connectivity index (χ1n) is 5.96. The second kappa shape index (κ2) is 6.67. The Morgan fingerprint density at radius 3 is 3.00 bits per heavy atom. The van der Waals surface area contributed by atoms with Crippen molar-refractivity contribution in [3.05, 3.63) is 51.0 Å². The Morgan fingerprint density at radius 1 is 1.55 bits per heavy atom. The lowest BCUT2D eigenvalue weighted by molar-refractivity contribution is 0.182. The highest BCUT2D eigenvalue weighted by molar-refractivity contribution is 9.10. The van der Waals surface area contributed by atoms with Crippen LogP contribution in [0.15, 0.2) is 28.9 Å². The van der Waals surface area contributed by atoms with Crippen molar-refractivity contribution in [2.24, 2.45) is 5.73 Å². The zero-order chi connectivity index (χ0) is 14.7. The van der Waals surface area contributed by atoms with Gasteiger partial charge in [0, 0.05) is 7.11 Å². The molecule has 1 aromatic carbocycles. The molecule has 0 saturated carbocycles. The predicted molar refractivity (Wildman–Crippen MR) is 79.2 cm³/mol. The SMILES string of the molecule is COCCn1ncc(Cl)c1C(N)c1cccc(F)c1Br. The van der Waals surface area contributed by atoms with Gasteiger partial charge >= 0.3 is 0 Å². The lowest BCUT2D eigenvalue weighted by Crippen LogP contribution is -2.20. The van der Waals surface area contributed by atoms with Gasteiger partial charge in [0.15, 0.2) is 0 Å². The van der Waals surface area contributed by atoms with E-state index in [1.807, 2.05) is 0 Å². The minimum absolute atomic E-state index is 0.336. The Labute approximate surface area is 129 Å². The summed E-state index contributed by atoms with van der Waals surface area (Å²) in [6.07, 6.45) is 1.53.